The summed E-state index contributed by atoms with van der Waals surface area (Å²) in [4.78, 5) is 54.4. The summed E-state index contributed by atoms with van der Waals surface area (Å²) in [7, 11) is -9.82. The Morgan fingerprint density at radius 3 is 1.44 bits per heavy atom. The average Bonchev–Trinajstić information content (AvgIpc) is 2.53. The molecule has 0 spiro atoms. The Labute approximate surface area is 162 Å². The second-order valence-corrected chi connectivity index (χ2v) is 10.4. The molecule has 0 aliphatic rings. The van der Waals surface area contributed by atoms with Crippen molar-refractivity contribution in [2.24, 2.45) is 11.5 Å². The highest BCUT2D eigenvalue weighted by Crippen LogP contribution is 2.65. The molecule has 0 amide bonds. The highest BCUT2D eigenvalue weighted by atomic mass is 35.5. The molecule has 1 aromatic rings. The van der Waals surface area contributed by atoms with Crippen LogP contribution in [0.2, 0.25) is 5.02 Å². The first-order chi connectivity index (χ1) is 12.1. The molecule has 0 aliphatic carbocycles. The minimum atomic E-state index is -4.91. The fourth-order valence-electron chi connectivity index (χ4n) is 0.968. The van der Waals surface area contributed by atoms with Gasteiger partial charge in [-0.3, -0.25) is 18.7 Å². The Morgan fingerprint density at radius 1 is 0.926 bits per heavy atom. The third-order valence-corrected chi connectivity index (χ3v) is 8.22. The quantitative estimate of drug-likeness (QED) is 0.204. The number of nitrogens with two attached hydrogens (primary N) is 2. The highest BCUT2D eigenvalue weighted by Gasteiger charge is 2.44. The van der Waals surface area contributed by atoms with Crippen LogP contribution in [0.25, 0.3) is 0 Å². The van der Waals surface area contributed by atoms with E-state index in [1.165, 1.54) is 24.3 Å². The normalized spacial score (nSPS) is 11.0. The van der Waals surface area contributed by atoms with Crippen molar-refractivity contribution < 1.29 is 48.5 Å². The van der Waals surface area contributed by atoms with Gasteiger partial charge < -0.3 is 41.3 Å². The van der Waals surface area contributed by atoms with Crippen LogP contribution in [0.15, 0.2) is 29.2 Å². The van der Waals surface area contributed by atoms with E-state index in [0.717, 1.165) is 0 Å². The number of rotatable bonds is 6. The molecule has 0 fully saturated rings. The summed E-state index contributed by atoms with van der Waals surface area (Å²) in [5, 5.41) is 15.6. The average molecular weight is 469 g/mol. The molecule has 0 saturated heterocycles. The number of halogens is 1. The maximum Gasteiger partial charge on any atom is 0.351 e. The number of carboxylic acid groups (broad SMARTS) is 2. The van der Waals surface area contributed by atoms with E-state index in [4.69, 9.17) is 41.4 Å². The third-order valence-electron chi connectivity index (χ3n) is 1.98. The molecule has 0 heterocycles. The molecule has 12 nitrogen and oxygen atoms in total. The van der Waals surface area contributed by atoms with Crippen LogP contribution >= 0.6 is 38.6 Å². The van der Waals surface area contributed by atoms with Gasteiger partial charge in [0.15, 0.2) is 0 Å². The molecular weight excluding hydrogens is 450 g/mol. The van der Waals surface area contributed by atoms with Crippen molar-refractivity contribution in [3.8, 4) is 0 Å². The van der Waals surface area contributed by atoms with E-state index in [0.29, 0.717) is 21.7 Å². The van der Waals surface area contributed by atoms with E-state index in [1.807, 2.05) is 0 Å². The molecule has 156 valence electrons. The van der Waals surface area contributed by atoms with Gasteiger partial charge in [0.05, 0.1) is 13.1 Å². The van der Waals surface area contributed by atoms with Gasteiger partial charge in [-0.25, -0.2) is 0 Å². The zero-order valence-electron chi connectivity index (χ0n) is 13.5. The van der Waals surface area contributed by atoms with Gasteiger partial charge in [0.1, 0.15) is 0 Å². The maximum atomic E-state index is 11.0. The Hall–Kier alpha value is -0.980. The van der Waals surface area contributed by atoms with Crippen LogP contribution < -0.4 is 11.5 Å². The summed E-state index contributed by atoms with van der Waals surface area (Å²) in [5.41, 5.74) is 9.14. The predicted octanol–water partition coefficient (Wildman–Crippen LogP) is 0.131. The first-order valence-electron chi connectivity index (χ1n) is 6.51. The molecule has 1 aromatic carbocycles. The van der Waals surface area contributed by atoms with Crippen LogP contribution in [-0.4, -0.2) is 59.5 Å². The zero-order chi connectivity index (χ0) is 21.8. The van der Waals surface area contributed by atoms with Gasteiger partial charge in [-0.05, 0) is 24.3 Å². The molecular formula is C11H19ClN2O10P2S. The van der Waals surface area contributed by atoms with Crippen molar-refractivity contribution in [1.29, 1.82) is 0 Å². The summed E-state index contributed by atoms with van der Waals surface area (Å²) in [6.07, 6.45) is 0. The maximum absolute atomic E-state index is 11.0. The molecule has 27 heavy (non-hydrogen) atoms. The summed E-state index contributed by atoms with van der Waals surface area (Å²) in [5.74, 6) is -1.94. The van der Waals surface area contributed by atoms with E-state index in [2.05, 4.69) is 11.5 Å². The number of thioether (sulfide) groups is 1. The molecule has 1 rings (SSSR count). The zero-order valence-corrected chi connectivity index (χ0v) is 16.8. The van der Waals surface area contributed by atoms with Crippen LogP contribution in [0.4, 0.5) is 0 Å². The smallest absolute Gasteiger partial charge is 0.351 e. The molecule has 0 radical (unpaired) electrons. The number of aliphatic carboxylic acids is 2. The fraction of sp³-hybridized carbons (Fsp3) is 0.273. The minimum Gasteiger partial charge on any atom is -0.480 e. The summed E-state index contributed by atoms with van der Waals surface area (Å²) < 4.78 is 19.9. The van der Waals surface area contributed by atoms with Crippen molar-refractivity contribution in [3.63, 3.8) is 0 Å². The van der Waals surface area contributed by atoms with Gasteiger partial charge >= 0.3 is 27.1 Å². The first-order valence-corrected chi connectivity index (χ1v) is 11.1. The number of benzene rings is 1. The van der Waals surface area contributed by atoms with Crippen LogP contribution in [0.5, 0.6) is 0 Å². The lowest BCUT2D eigenvalue weighted by Crippen LogP contribution is -2.10. The van der Waals surface area contributed by atoms with E-state index >= 15 is 0 Å². The van der Waals surface area contributed by atoms with Gasteiger partial charge in [-0.1, -0.05) is 23.4 Å². The van der Waals surface area contributed by atoms with Crippen molar-refractivity contribution in [1.82, 2.24) is 0 Å². The standard InChI is InChI=1S/C7H9ClO6P2S.2C2H5NO2/c8-5-1-3-6(4-2-5)17-7(15(9,10)11)16(12,13)14;2*3-1-2(4)5/h1-4,7H,(H2,9,10,11)(H2,12,13,14);2*1,3H2,(H,4,5). The Bertz CT molecular complexity index is 657. The van der Waals surface area contributed by atoms with Crippen molar-refractivity contribution in [2.75, 3.05) is 13.1 Å². The van der Waals surface area contributed by atoms with Gasteiger partial charge in [0.2, 0.25) is 4.73 Å². The predicted molar refractivity (Wildman–Crippen MR) is 98.6 cm³/mol. The van der Waals surface area contributed by atoms with Crippen LogP contribution in [0.1, 0.15) is 0 Å². The molecule has 0 unspecified atom stereocenters. The fourth-order valence-corrected chi connectivity index (χ4v) is 5.03. The number of carboxylic acids is 2. The monoisotopic (exact) mass is 468 g/mol. The van der Waals surface area contributed by atoms with Crippen LogP contribution in [0.3, 0.4) is 0 Å². The van der Waals surface area contributed by atoms with Crippen LogP contribution in [0, 0.1) is 0 Å². The molecule has 10 N–H and O–H groups in total. The van der Waals surface area contributed by atoms with Gasteiger partial charge in [-0.2, -0.15) is 0 Å². The van der Waals surface area contributed by atoms with E-state index in [1.54, 1.807) is 0 Å². The second kappa shape index (κ2) is 13.2. The van der Waals surface area contributed by atoms with E-state index < -0.39 is 31.9 Å². The molecule has 0 saturated carbocycles. The summed E-state index contributed by atoms with van der Waals surface area (Å²) in [6.45, 7) is -0.556. The largest absolute Gasteiger partial charge is 0.480 e. The Balaban J connectivity index is 0. The van der Waals surface area contributed by atoms with E-state index in [-0.39, 0.29) is 13.1 Å². The van der Waals surface area contributed by atoms with Crippen molar-refractivity contribution in [3.05, 3.63) is 29.3 Å². The SMILES string of the molecule is NCC(=O)O.NCC(=O)O.O=P(O)(O)C(Sc1ccc(Cl)cc1)P(=O)(O)O. The number of carbonyl (C=O) groups is 2. The lowest BCUT2D eigenvalue weighted by atomic mass is 10.4. The van der Waals surface area contributed by atoms with Gasteiger partial charge in [-0.15, -0.1) is 0 Å². The lowest BCUT2D eigenvalue weighted by molar-refractivity contribution is -0.136. The van der Waals surface area contributed by atoms with Crippen LogP contribution in [-0.2, 0) is 18.7 Å². The third kappa shape index (κ3) is 15.7. The number of hydrogen-bond acceptors (Lipinski definition) is 7. The van der Waals surface area contributed by atoms with Gasteiger partial charge in [0.25, 0.3) is 0 Å². The highest BCUT2D eigenvalue weighted by molar-refractivity contribution is 8.12. The summed E-state index contributed by atoms with van der Waals surface area (Å²) >= 11 is 6.04. The Morgan fingerprint density at radius 2 is 1.22 bits per heavy atom. The number of hydrogen-bond donors (Lipinski definition) is 8. The Kier molecular flexibility index (Phi) is 13.8. The summed E-state index contributed by atoms with van der Waals surface area (Å²) in [6, 6.07) is 5.76. The second-order valence-electron chi connectivity index (χ2n) is 4.27. The van der Waals surface area contributed by atoms with E-state index in [9.17, 15) is 18.7 Å². The lowest BCUT2D eigenvalue weighted by Gasteiger charge is -2.18. The molecule has 16 heteroatoms. The molecule has 0 atom stereocenters. The topological polar surface area (TPSA) is 242 Å². The molecule has 0 bridgehead atoms. The molecule has 0 aliphatic heterocycles. The minimum absolute atomic E-state index is 0.278. The van der Waals surface area contributed by atoms with Gasteiger partial charge in [0, 0.05) is 9.92 Å². The molecule has 0 aromatic heterocycles. The van der Waals surface area contributed by atoms with Crippen molar-refractivity contribution in [2.45, 2.75) is 9.63 Å². The van der Waals surface area contributed by atoms with Crippen molar-refractivity contribution >= 4 is 50.5 Å². The first kappa shape index (κ1) is 28.2.